The molecule has 7 nitrogen and oxygen atoms in total. The van der Waals surface area contributed by atoms with Crippen molar-refractivity contribution in [2.24, 2.45) is 0 Å². The predicted molar refractivity (Wildman–Crippen MR) is 110 cm³/mol. The molecule has 0 saturated heterocycles. The topological polar surface area (TPSA) is 95.6 Å². The van der Waals surface area contributed by atoms with Gasteiger partial charge in [0.05, 0.1) is 6.20 Å². The number of carbonyl (C=O) groups is 1. The fourth-order valence-corrected chi connectivity index (χ4v) is 3.05. The van der Waals surface area contributed by atoms with Gasteiger partial charge in [0.2, 0.25) is 5.95 Å². The Labute approximate surface area is 162 Å². The van der Waals surface area contributed by atoms with Crippen molar-refractivity contribution in [1.82, 2.24) is 20.2 Å². The van der Waals surface area contributed by atoms with Gasteiger partial charge in [-0.15, -0.1) is 5.10 Å². The molecule has 2 aromatic carbocycles. The Morgan fingerprint density at radius 2 is 2.04 bits per heavy atom. The first-order valence-corrected chi connectivity index (χ1v) is 9.05. The van der Waals surface area contributed by atoms with Crippen LogP contribution in [0.5, 0.6) is 0 Å². The van der Waals surface area contributed by atoms with Gasteiger partial charge in [0.25, 0.3) is 0 Å². The number of benzene rings is 2. The molecule has 140 valence electrons. The molecule has 4 aromatic rings. The zero-order chi connectivity index (χ0) is 19.3. The van der Waals surface area contributed by atoms with E-state index in [2.05, 4.69) is 42.9 Å². The summed E-state index contributed by atoms with van der Waals surface area (Å²) in [5.41, 5.74) is 3.77. The van der Waals surface area contributed by atoms with E-state index in [0.29, 0.717) is 17.3 Å². The highest BCUT2D eigenvalue weighted by atomic mass is 16.1. The number of H-pyrrole nitrogens is 1. The standard InChI is InChI=1S/C21H20N6O/c1-14(28)15-5-4-6-17(11-15)25-21-26-20(13-24-27-21)22-10-9-16-12-23-19-8-3-2-7-18(16)19/h2-8,11-13,23H,9-10H2,1H3,(H2,22,25,26,27). The third-order valence-electron chi connectivity index (χ3n) is 4.46. The Bertz CT molecular complexity index is 1120. The molecule has 0 radical (unpaired) electrons. The van der Waals surface area contributed by atoms with Crippen LogP contribution in [0.25, 0.3) is 10.9 Å². The summed E-state index contributed by atoms with van der Waals surface area (Å²) in [6.07, 6.45) is 4.49. The molecular weight excluding hydrogens is 352 g/mol. The fourth-order valence-electron chi connectivity index (χ4n) is 3.05. The first kappa shape index (κ1) is 17.7. The van der Waals surface area contributed by atoms with E-state index in [9.17, 15) is 4.79 Å². The zero-order valence-electron chi connectivity index (χ0n) is 15.4. The number of para-hydroxylation sites is 1. The molecule has 28 heavy (non-hydrogen) atoms. The van der Waals surface area contributed by atoms with Gasteiger partial charge in [0, 0.05) is 34.9 Å². The predicted octanol–water partition coefficient (Wildman–Crippen LogP) is 3.95. The van der Waals surface area contributed by atoms with E-state index in [1.807, 2.05) is 30.5 Å². The van der Waals surface area contributed by atoms with Crippen LogP contribution in [0.15, 0.2) is 60.9 Å². The van der Waals surface area contributed by atoms with Gasteiger partial charge in [-0.05, 0) is 37.1 Å². The lowest BCUT2D eigenvalue weighted by Crippen LogP contribution is -2.08. The minimum absolute atomic E-state index is 0.00962. The van der Waals surface area contributed by atoms with Crippen LogP contribution in [-0.4, -0.2) is 32.5 Å². The summed E-state index contributed by atoms with van der Waals surface area (Å²) in [6.45, 7) is 2.26. The minimum Gasteiger partial charge on any atom is -0.368 e. The molecule has 0 unspecified atom stereocenters. The van der Waals surface area contributed by atoms with E-state index >= 15 is 0 Å². The van der Waals surface area contributed by atoms with Gasteiger partial charge >= 0.3 is 0 Å². The second-order valence-electron chi connectivity index (χ2n) is 6.46. The average molecular weight is 372 g/mol. The Morgan fingerprint density at radius 1 is 1.14 bits per heavy atom. The first-order valence-electron chi connectivity index (χ1n) is 9.05. The van der Waals surface area contributed by atoms with E-state index in [1.54, 1.807) is 18.3 Å². The number of ketones is 1. The second-order valence-corrected chi connectivity index (χ2v) is 6.46. The van der Waals surface area contributed by atoms with E-state index in [0.717, 1.165) is 24.2 Å². The lowest BCUT2D eigenvalue weighted by Gasteiger charge is -2.08. The van der Waals surface area contributed by atoms with Gasteiger partial charge in [0.1, 0.15) is 0 Å². The first-order chi connectivity index (χ1) is 13.7. The SMILES string of the molecule is CC(=O)c1cccc(Nc2nncc(NCCc3c[nH]c4ccccc34)n2)c1. The quantitative estimate of drug-likeness (QED) is 0.425. The number of aromatic amines is 1. The molecule has 0 aliphatic rings. The molecule has 0 spiro atoms. The van der Waals surface area contributed by atoms with Crippen molar-refractivity contribution in [2.45, 2.75) is 13.3 Å². The molecule has 0 saturated carbocycles. The van der Waals surface area contributed by atoms with Crippen LogP contribution >= 0.6 is 0 Å². The summed E-state index contributed by atoms with van der Waals surface area (Å²) in [5, 5.41) is 15.6. The largest absolute Gasteiger partial charge is 0.368 e. The molecule has 7 heteroatoms. The van der Waals surface area contributed by atoms with Gasteiger partial charge in [-0.3, -0.25) is 4.79 Å². The van der Waals surface area contributed by atoms with Crippen LogP contribution in [0.4, 0.5) is 17.5 Å². The normalized spacial score (nSPS) is 10.8. The van der Waals surface area contributed by atoms with Gasteiger partial charge in [-0.1, -0.05) is 30.3 Å². The molecule has 2 aromatic heterocycles. The molecule has 2 heterocycles. The number of rotatable bonds is 7. The number of fused-ring (bicyclic) bond motifs is 1. The van der Waals surface area contributed by atoms with Crippen LogP contribution in [-0.2, 0) is 6.42 Å². The van der Waals surface area contributed by atoms with Gasteiger partial charge in [-0.2, -0.15) is 10.1 Å². The third-order valence-corrected chi connectivity index (χ3v) is 4.46. The molecule has 0 aliphatic heterocycles. The van der Waals surface area contributed by atoms with Crippen LogP contribution in [0.1, 0.15) is 22.8 Å². The average Bonchev–Trinajstić information content (AvgIpc) is 3.12. The third kappa shape index (κ3) is 3.98. The maximum absolute atomic E-state index is 11.5. The summed E-state index contributed by atoms with van der Waals surface area (Å²) < 4.78 is 0. The van der Waals surface area contributed by atoms with Gasteiger partial charge < -0.3 is 15.6 Å². The van der Waals surface area contributed by atoms with Crippen molar-refractivity contribution in [2.75, 3.05) is 17.2 Å². The summed E-state index contributed by atoms with van der Waals surface area (Å²) in [7, 11) is 0. The Hall–Kier alpha value is -3.74. The van der Waals surface area contributed by atoms with E-state index in [1.165, 1.54) is 17.9 Å². The number of nitrogens with zero attached hydrogens (tertiary/aromatic N) is 3. The van der Waals surface area contributed by atoms with Crippen molar-refractivity contribution in [1.29, 1.82) is 0 Å². The molecule has 0 aliphatic carbocycles. The van der Waals surface area contributed by atoms with Crippen LogP contribution in [0.3, 0.4) is 0 Å². The zero-order valence-corrected chi connectivity index (χ0v) is 15.4. The van der Waals surface area contributed by atoms with Crippen LogP contribution < -0.4 is 10.6 Å². The lowest BCUT2D eigenvalue weighted by atomic mass is 10.1. The molecule has 3 N–H and O–H groups in total. The maximum Gasteiger partial charge on any atom is 0.249 e. The summed E-state index contributed by atoms with van der Waals surface area (Å²) in [4.78, 5) is 19.2. The summed E-state index contributed by atoms with van der Waals surface area (Å²) in [6, 6.07) is 15.5. The Morgan fingerprint density at radius 3 is 2.93 bits per heavy atom. The van der Waals surface area contributed by atoms with Crippen LogP contribution in [0, 0.1) is 0 Å². The van der Waals surface area contributed by atoms with Crippen molar-refractivity contribution < 1.29 is 4.79 Å². The number of aromatic nitrogens is 4. The number of carbonyl (C=O) groups excluding carboxylic acids is 1. The lowest BCUT2D eigenvalue weighted by molar-refractivity contribution is 0.101. The molecule has 0 fully saturated rings. The fraction of sp³-hybridized carbons (Fsp3) is 0.143. The van der Waals surface area contributed by atoms with E-state index in [4.69, 9.17) is 0 Å². The molecule has 0 atom stereocenters. The Kier molecular flexibility index (Phi) is 4.97. The summed E-state index contributed by atoms with van der Waals surface area (Å²) in [5.74, 6) is 1.02. The maximum atomic E-state index is 11.5. The smallest absolute Gasteiger partial charge is 0.249 e. The van der Waals surface area contributed by atoms with Crippen molar-refractivity contribution >= 4 is 34.1 Å². The molecule has 0 amide bonds. The highest BCUT2D eigenvalue weighted by Gasteiger charge is 2.05. The number of anilines is 3. The van der Waals surface area contributed by atoms with Gasteiger partial charge in [-0.25, -0.2) is 0 Å². The molecule has 4 rings (SSSR count). The summed E-state index contributed by atoms with van der Waals surface area (Å²) >= 11 is 0. The second kappa shape index (κ2) is 7.87. The highest BCUT2D eigenvalue weighted by molar-refractivity contribution is 5.95. The Balaban J connectivity index is 1.40. The van der Waals surface area contributed by atoms with Crippen LogP contribution in [0.2, 0.25) is 0 Å². The van der Waals surface area contributed by atoms with Gasteiger partial charge in [0.15, 0.2) is 11.6 Å². The minimum atomic E-state index is 0.00962. The van der Waals surface area contributed by atoms with Crippen molar-refractivity contribution in [3.05, 3.63) is 72.1 Å². The number of hydrogen-bond acceptors (Lipinski definition) is 6. The monoisotopic (exact) mass is 372 g/mol. The molecule has 0 bridgehead atoms. The van der Waals surface area contributed by atoms with E-state index < -0.39 is 0 Å². The van der Waals surface area contributed by atoms with Crippen molar-refractivity contribution in [3.8, 4) is 0 Å². The number of Topliss-reactive ketones (excluding diaryl/α,β-unsaturated/α-hetero) is 1. The van der Waals surface area contributed by atoms with E-state index in [-0.39, 0.29) is 5.78 Å². The molecular formula is C21H20N6O. The number of nitrogens with one attached hydrogen (secondary N) is 3. The highest BCUT2D eigenvalue weighted by Crippen LogP contribution is 2.19. The number of hydrogen-bond donors (Lipinski definition) is 3. The van der Waals surface area contributed by atoms with Crippen molar-refractivity contribution in [3.63, 3.8) is 0 Å².